The number of carbonyl (C=O) groups is 2. The molecule has 2 heterocycles. The van der Waals surface area contributed by atoms with E-state index in [4.69, 9.17) is 4.42 Å². The molecule has 112 valence electrons. The average molecular weight is 297 g/mol. The summed E-state index contributed by atoms with van der Waals surface area (Å²) in [5, 5.41) is 0.995. The first-order valence-electron chi connectivity index (χ1n) is 6.83. The van der Waals surface area contributed by atoms with Crippen LogP contribution in [0.15, 0.2) is 47.2 Å². The van der Waals surface area contributed by atoms with Crippen molar-refractivity contribution in [2.45, 2.75) is 13.3 Å². The van der Waals surface area contributed by atoms with E-state index in [0.29, 0.717) is 11.3 Å². The lowest BCUT2D eigenvalue weighted by Gasteiger charge is -2.06. The highest BCUT2D eigenvalue weighted by Crippen LogP contribution is 2.17. The molecule has 1 aromatic carbocycles. The van der Waals surface area contributed by atoms with Gasteiger partial charge in [-0.1, -0.05) is 18.2 Å². The third-order valence-corrected chi connectivity index (χ3v) is 3.44. The maximum Gasteiger partial charge on any atom is 0.273 e. The summed E-state index contributed by atoms with van der Waals surface area (Å²) in [4.78, 5) is 26.9. The number of aromatic amines is 1. The summed E-state index contributed by atoms with van der Waals surface area (Å²) in [5.41, 5.74) is 7.03. The van der Waals surface area contributed by atoms with Crippen molar-refractivity contribution in [2.24, 2.45) is 0 Å². The number of furan rings is 1. The van der Waals surface area contributed by atoms with E-state index in [9.17, 15) is 9.59 Å². The summed E-state index contributed by atoms with van der Waals surface area (Å²) in [5.74, 6) is -0.193. The number of para-hydroxylation sites is 1. The van der Waals surface area contributed by atoms with Gasteiger partial charge in [0, 0.05) is 17.1 Å². The molecular formula is C16H15N3O3. The molecule has 0 atom stereocenters. The van der Waals surface area contributed by atoms with Crippen LogP contribution in [-0.2, 0) is 11.2 Å². The van der Waals surface area contributed by atoms with Crippen LogP contribution >= 0.6 is 0 Å². The predicted octanol–water partition coefficient (Wildman–Crippen LogP) is 2.07. The van der Waals surface area contributed by atoms with Crippen molar-refractivity contribution in [1.29, 1.82) is 0 Å². The largest absolute Gasteiger partial charge is 0.469 e. The molecule has 3 N–H and O–H groups in total. The second-order valence-corrected chi connectivity index (χ2v) is 4.93. The Bertz CT molecular complexity index is 832. The van der Waals surface area contributed by atoms with Gasteiger partial charge in [0.05, 0.1) is 18.2 Å². The smallest absolute Gasteiger partial charge is 0.273 e. The molecule has 0 radical (unpaired) electrons. The van der Waals surface area contributed by atoms with Gasteiger partial charge in [-0.15, -0.1) is 0 Å². The first-order chi connectivity index (χ1) is 10.6. The number of H-pyrrole nitrogens is 1. The number of fused-ring (bicyclic) bond motifs is 1. The molecule has 6 heteroatoms. The minimum absolute atomic E-state index is 0.175. The molecule has 0 aliphatic rings. The van der Waals surface area contributed by atoms with Crippen LogP contribution in [0.4, 0.5) is 0 Å². The molecule has 2 amide bonds. The van der Waals surface area contributed by atoms with Crippen LogP contribution in [0.3, 0.4) is 0 Å². The summed E-state index contributed by atoms with van der Waals surface area (Å²) < 4.78 is 5.05. The lowest BCUT2D eigenvalue weighted by atomic mass is 10.1. The third kappa shape index (κ3) is 2.71. The van der Waals surface area contributed by atoms with Gasteiger partial charge in [0.2, 0.25) is 5.91 Å². The second kappa shape index (κ2) is 5.77. The third-order valence-electron chi connectivity index (χ3n) is 3.44. The molecule has 0 saturated carbocycles. The Morgan fingerprint density at radius 1 is 1.18 bits per heavy atom. The van der Waals surface area contributed by atoms with Gasteiger partial charge in [-0.3, -0.25) is 20.4 Å². The van der Waals surface area contributed by atoms with Gasteiger partial charge >= 0.3 is 0 Å². The van der Waals surface area contributed by atoms with Crippen molar-refractivity contribution in [3.8, 4) is 0 Å². The van der Waals surface area contributed by atoms with Crippen molar-refractivity contribution in [3.05, 3.63) is 59.7 Å². The monoisotopic (exact) mass is 297 g/mol. The highest BCUT2D eigenvalue weighted by Gasteiger charge is 2.13. The number of hydrazine groups is 1. The first kappa shape index (κ1) is 13.9. The predicted molar refractivity (Wildman–Crippen MR) is 81.1 cm³/mol. The molecule has 0 bridgehead atoms. The minimum Gasteiger partial charge on any atom is -0.469 e. The number of amides is 2. The van der Waals surface area contributed by atoms with Gasteiger partial charge in [-0.05, 0) is 24.6 Å². The van der Waals surface area contributed by atoms with E-state index >= 15 is 0 Å². The average Bonchev–Trinajstić information content (AvgIpc) is 3.12. The van der Waals surface area contributed by atoms with E-state index in [1.54, 1.807) is 19.2 Å². The molecule has 0 fully saturated rings. The Hall–Kier alpha value is -3.02. The van der Waals surface area contributed by atoms with Crippen LogP contribution in [-0.4, -0.2) is 16.8 Å². The quantitative estimate of drug-likeness (QED) is 0.647. The fraction of sp³-hybridized carbons (Fsp3) is 0.125. The van der Waals surface area contributed by atoms with Crippen LogP contribution < -0.4 is 10.9 Å². The van der Waals surface area contributed by atoms with Gasteiger partial charge in [-0.2, -0.15) is 0 Å². The van der Waals surface area contributed by atoms with E-state index in [2.05, 4.69) is 15.8 Å². The van der Waals surface area contributed by atoms with Crippen LogP contribution in [0.2, 0.25) is 0 Å². The minimum atomic E-state index is -0.404. The number of benzene rings is 1. The lowest BCUT2D eigenvalue weighted by molar-refractivity contribution is -0.121. The number of hydrogen-bond acceptors (Lipinski definition) is 3. The Kier molecular flexibility index (Phi) is 3.65. The Labute approximate surface area is 126 Å². The molecule has 3 aromatic rings. The molecule has 22 heavy (non-hydrogen) atoms. The fourth-order valence-corrected chi connectivity index (χ4v) is 2.31. The molecule has 0 aliphatic carbocycles. The topological polar surface area (TPSA) is 87.1 Å². The maximum absolute atomic E-state index is 11.9. The highest BCUT2D eigenvalue weighted by atomic mass is 16.3. The zero-order chi connectivity index (χ0) is 15.5. The van der Waals surface area contributed by atoms with Crippen molar-refractivity contribution in [3.63, 3.8) is 0 Å². The summed E-state index contributed by atoms with van der Waals surface area (Å²) in [6.07, 6.45) is 3.40. The standard InChI is InChI=1S/C16H15N3O3/c1-10-12(6-7-22-10)16(21)19-18-15(20)8-11-9-17-14-5-3-2-4-13(11)14/h2-7,9,17H,8H2,1H3,(H,18,20)(H,19,21). The van der Waals surface area contributed by atoms with Gasteiger partial charge in [-0.25, -0.2) is 0 Å². The van der Waals surface area contributed by atoms with E-state index in [-0.39, 0.29) is 12.3 Å². The van der Waals surface area contributed by atoms with Gasteiger partial charge < -0.3 is 9.40 Å². The van der Waals surface area contributed by atoms with Gasteiger partial charge in [0.1, 0.15) is 5.76 Å². The van der Waals surface area contributed by atoms with Crippen molar-refractivity contribution < 1.29 is 14.0 Å². The zero-order valence-electron chi connectivity index (χ0n) is 12.0. The number of nitrogens with one attached hydrogen (secondary N) is 3. The number of hydrogen-bond donors (Lipinski definition) is 3. The van der Waals surface area contributed by atoms with Crippen molar-refractivity contribution in [1.82, 2.24) is 15.8 Å². The zero-order valence-corrected chi connectivity index (χ0v) is 12.0. The lowest BCUT2D eigenvalue weighted by Crippen LogP contribution is -2.42. The molecule has 0 aliphatic heterocycles. The van der Waals surface area contributed by atoms with Gasteiger partial charge in [0.25, 0.3) is 5.91 Å². The summed E-state index contributed by atoms with van der Waals surface area (Å²) in [7, 11) is 0. The fourth-order valence-electron chi connectivity index (χ4n) is 2.31. The normalized spacial score (nSPS) is 10.6. The second-order valence-electron chi connectivity index (χ2n) is 4.93. The molecule has 0 unspecified atom stereocenters. The van der Waals surface area contributed by atoms with Crippen LogP contribution in [0.5, 0.6) is 0 Å². The SMILES string of the molecule is Cc1occc1C(=O)NNC(=O)Cc1c[nH]c2ccccc12. The first-order valence-corrected chi connectivity index (χ1v) is 6.83. The number of rotatable bonds is 3. The molecular weight excluding hydrogens is 282 g/mol. The Balaban J connectivity index is 1.61. The Morgan fingerprint density at radius 3 is 2.77 bits per heavy atom. The highest BCUT2D eigenvalue weighted by molar-refractivity contribution is 5.96. The maximum atomic E-state index is 11.9. The van der Waals surface area contributed by atoms with Crippen molar-refractivity contribution >= 4 is 22.7 Å². The van der Waals surface area contributed by atoms with Crippen LogP contribution in [0.25, 0.3) is 10.9 Å². The van der Waals surface area contributed by atoms with E-state index in [1.165, 1.54) is 6.26 Å². The summed E-state index contributed by atoms with van der Waals surface area (Å²) >= 11 is 0. The number of aryl methyl sites for hydroxylation is 1. The van der Waals surface area contributed by atoms with E-state index < -0.39 is 5.91 Å². The number of carbonyl (C=O) groups excluding carboxylic acids is 2. The molecule has 3 rings (SSSR count). The van der Waals surface area contributed by atoms with Crippen LogP contribution in [0, 0.1) is 6.92 Å². The van der Waals surface area contributed by atoms with E-state index in [0.717, 1.165) is 16.5 Å². The van der Waals surface area contributed by atoms with Gasteiger partial charge in [0.15, 0.2) is 0 Å². The molecule has 0 spiro atoms. The summed E-state index contributed by atoms with van der Waals surface area (Å²) in [6.45, 7) is 1.68. The molecule has 0 saturated heterocycles. The molecule has 2 aromatic heterocycles. The molecule has 6 nitrogen and oxygen atoms in total. The van der Waals surface area contributed by atoms with E-state index in [1.807, 2.05) is 24.3 Å². The Morgan fingerprint density at radius 2 is 2.00 bits per heavy atom. The van der Waals surface area contributed by atoms with Crippen molar-refractivity contribution in [2.75, 3.05) is 0 Å². The number of aromatic nitrogens is 1. The summed E-state index contributed by atoms with van der Waals surface area (Å²) in [6, 6.07) is 9.29. The van der Waals surface area contributed by atoms with Crippen LogP contribution in [0.1, 0.15) is 21.7 Å².